The highest BCUT2D eigenvalue weighted by atomic mass is 16.4. The molecule has 3 heterocycles. The maximum absolute atomic E-state index is 13.8. The van der Waals surface area contributed by atoms with Crippen LogP contribution in [0, 0.1) is 17.3 Å². The fraction of sp³-hybridized carbons (Fsp3) is 0.190. The molecule has 0 unspecified atom stereocenters. The molecule has 0 bridgehead atoms. The molecule has 3 aromatic heterocycles. The number of hydrogen-bond acceptors (Lipinski definition) is 9. The van der Waals surface area contributed by atoms with Crippen molar-refractivity contribution in [2.24, 2.45) is 5.41 Å². The van der Waals surface area contributed by atoms with Gasteiger partial charge in [-0.25, -0.2) is 14.8 Å². The number of anilines is 1. The first kappa shape index (κ1) is 38.3. The quantitative estimate of drug-likeness (QED) is 0.0858. The first-order chi connectivity index (χ1) is 26.8. The zero-order valence-corrected chi connectivity index (χ0v) is 30.6. The number of imidazole rings is 1. The fourth-order valence-electron chi connectivity index (χ4n) is 6.08. The molecule has 6 rings (SSSR count). The smallest absolute Gasteiger partial charge is 0.326 e. The van der Waals surface area contributed by atoms with E-state index in [0.29, 0.717) is 5.56 Å². The van der Waals surface area contributed by atoms with Crippen molar-refractivity contribution in [3.8, 4) is 17.7 Å². The Morgan fingerprint density at radius 1 is 0.804 bits per heavy atom. The topological polar surface area (TPSA) is 210 Å². The summed E-state index contributed by atoms with van der Waals surface area (Å²) in [5.74, 6) is 1.88. The predicted octanol–water partition coefficient (Wildman–Crippen LogP) is 5.20. The van der Waals surface area contributed by atoms with Crippen LogP contribution in [0.3, 0.4) is 0 Å². The second-order valence-electron chi connectivity index (χ2n) is 13.8. The lowest BCUT2D eigenvalue weighted by molar-refractivity contribution is -0.140. The third-order valence-electron chi connectivity index (χ3n) is 8.88. The number of carbonyl (C=O) groups is 4. The van der Waals surface area contributed by atoms with E-state index in [1.165, 1.54) is 18.5 Å². The van der Waals surface area contributed by atoms with Gasteiger partial charge in [0.15, 0.2) is 11.5 Å². The number of aromatic nitrogens is 5. The molecular formula is C42H37N7O7. The minimum Gasteiger partial charge on any atom is -0.493 e. The molecule has 14 nitrogen and oxygen atoms in total. The van der Waals surface area contributed by atoms with Crippen LogP contribution in [0.1, 0.15) is 72.2 Å². The molecule has 0 spiro atoms. The Hall–Kier alpha value is -7.40. The van der Waals surface area contributed by atoms with Crippen LogP contribution in [0.15, 0.2) is 109 Å². The van der Waals surface area contributed by atoms with Gasteiger partial charge in [-0.05, 0) is 35.1 Å². The molecule has 1 atom stereocenters. The Kier molecular flexibility index (Phi) is 10.9. The number of aromatic hydroxyl groups is 1. The number of carboxylic acid groups (broad SMARTS) is 2. The first-order valence-corrected chi connectivity index (χ1v) is 17.5. The molecule has 6 aromatic rings. The summed E-state index contributed by atoms with van der Waals surface area (Å²) in [5, 5.41) is 35.0. The highest BCUT2D eigenvalue weighted by Crippen LogP contribution is 2.41. The average molecular weight is 752 g/mol. The third kappa shape index (κ3) is 8.07. The van der Waals surface area contributed by atoms with Gasteiger partial charge in [0.25, 0.3) is 5.91 Å². The average Bonchev–Trinajstić information content (AvgIpc) is 3.61. The van der Waals surface area contributed by atoms with Crippen molar-refractivity contribution < 1.29 is 34.5 Å². The Bertz CT molecular complexity index is 2390. The van der Waals surface area contributed by atoms with E-state index in [2.05, 4.69) is 42.4 Å². The second kappa shape index (κ2) is 15.9. The van der Waals surface area contributed by atoms with Gasteiger partial charge in [0.1, 0.15) is 17.3 Å². The van der Waals surface area contributed by atoms with E-state index in [1.54, 1.807) is 25.3 Å². The Morgan fingerprint density at radius 3 is 1.89 bits per heavy atom. The van der Waals surface area contributed by atoms with Crippen LogP contribution in [0.2, 0.25) is 0 Å². The van der Waals surface area contributed by atoms with E-state index in [1.807, 2.05) is 91.0 Å². The van der Waals surface area contributed by atoms with Crippen molar-refractivity contribution in [1.29, 1.82) is 0 Å². The summed E-state index contributed by atoms with van der Waals surface area (Å²) < 4.78 is 1.75. The SMILES string of the molecule is CC(C)(C)C(=O)Nc1nc(O)c2cc(C#Cc3nc(C(=O)N[C@@H](CCC(=O)O)C(=O)O)cn3C(c3ccccc3)(c3ccccc3)c3ccccc3)cnc2n1. The van der Waals surface area contributed by atoms with Crippen molar-refractivity contribution in [1.82, 2.24) is 29.8 Å². The van der Waals surface area contributed by atoms with Crippen LogP contribution in [-0.2, 0) is 19.9 Å². The number of aliphatic carboxylic acids is 2. The number of amides is 2. The number of pyridine rings is 1. The van der Waals surface area contributed by atoms with Gasteiger partial charge in [-0.3, -0.25) is 19.7 Å². The van der Waals surface area contributed by atoms with Crippen LogP contribution in [0.25, 0.3) is 11.0 Å². The summed E-state index contributed by atoms with van der Waals surface area (Å²) >= 11 is 0. The monoisotopic (exact) mass is 751 g/mol. The Balaban J connectivity index is 1.53. The molecule has 282 valence electrons. The van der Waals surface area contributed by atoms with E-state index < -0.39 is 47.1 Å². The Morgan fingerprint density at radius 2 is 1.38 bits per heavy atom. The van der Waals surface area contributed by atoms with Crippen molar-refractivity contribution in [3.63, 3.8) is 0 Å². The number of carboxylic acids is 2. The molecule has 2 amide bonds. The normalized spacial score (nSPS) is 11.9. The fourth-order valence-corrected chi connectivity index (χ4v) is 6.08. The molecule has 0 aliphatic heterocycles. The number of hydrogen-bond donors (Lipinski definition) is 5. The van der Waals surface area contributed by atoms with E-state index in [0.717, 1.165) is 16.7 Å². The molecule has 0 saturated carbocycles. The highest BCUT2D eigenvalue weighted by molar-refractivity contribution is 5.95. The number of benzene rings is 3. The van der Waals surface area contributed by atoms with Gasteiger partial charge in [-0.1, -0.05) is 118 Å². The number of rotatable bonds is 11. The number of fused-ring (bicyclic) bond motifs is 1. The van der Waals surface area contributed by atoms with Crippen LogP contribution in [-0.4, -0.2) is 69.6 Å². The van der Waals surface area contributed by atoms with Crippen molar-refractivity contribution in [2.45, 2.75) is 45.2 Å². The number of nitrogens with one attached hydrogen (secondary N) is 2. The lowest BCUT2D eigenvalue weighted by Crippen LogP contribution is -2.41. The van der Waals surface area contributed by atoms with Gasteiger partial charge in [0.2, 0.25) is 17.7 Å². The van der Waals surface area contributed by atoms with Gasteiger partial charge in [-0.15, -0.1) is 0 Å². The van der Waals surface area contributed by atoms with Crippen LogP contribution >= 0.6 is 0 Å². The van der Waals surface area contributed by atoms with E-state index >= 15 is 0 Å². The number of nitrogens with zero attached hydrogens (tertiary/aromatic N) is 5. The van der Waals surface area contributed by atoms with Gasteiger partial charge in [0, 0.05) is 29.8 Å². The predicted molar refractivity (Wildman–Crippen MR) is 206 cm³/mol. The third-order valence-corrected chi connectivity index (χ3v) is 8.88. The maximum Gasteiger partial charge on any atom is 0.326 e. The summed E-state index contributed by atoms with van der Waals surface area (Å²) in [6.07, 6.45) is 2.10. The van der Waals surface area contributed by atoms with Crippen molar-refractivity contribution in [3.05, 3.63) is 143 Å². The second-order valence-corrected chi connectivity index (χ2v) is 13.8. The van der Waals surface area contributed by atoms with Crippen LogP contribution in [0.5, 0.6) is 5.88 Å². The van der Waals surface area contributed by atoms with Gasteiger partial charge >= 0.3 is 11.9 Å². The zero-order chi connectivity index (χ0) is 40.0. The summed E-state index contributed by atoms with van der Waals surface area (Å²) in [6.45, 7) is 5.18. The Labute approximate surface area is 321 Å². The minimum absolute atomic E-state index is 0.102. The molecule has 56 heavy (non-hydrogen) atoms. The lowest BCUT2D eigenvalue weighted by Gasteiger charge is -2.38. The first-order valence-electron chi connectivity index (χ1n) is 17.5. The molecule has 0 saturated heterocycles. The van der Waals surface area contributed by atoms with Crippen LogP contribution < -0.4 is 10.6 Å². The van der Waals surface area contributed by atoms with Crippen molar-refractivity contribution >= 4 is 40.7 Å². The summed E-state index contributed by atoms with van der Waals surface area (Å²) in [4.78, 5) is 66.9. The summed E-state index contributed by atoms with van der Waals surface area (Å²) in [6, 6.07) is 28.7. The molecule has 5 N–H and O–H groups in total. The summed E-state index contributed by atoms with van der Waals surface area (Å²) in [5.41, 5.74) is 0.722. The van der Waals surface area contributed by atoms with E-state index in [-0.39, 0.29) is 40.8 Å². The minimum atomic E-state index is -1.50. The van der Waals surface area contributed by atoms with E-state index in [9.17, 15) is 29.4 Å². The lowest BCUT2D eigenvalue weighted by atomic mass is 9.76. The summed E-state index contributed by atoms with van der Waals surface area (Å²) in [7, 11) is 0. The molecular weight excluding hydrogens is 715 g/mol. The van der Waals surface area contributed by atoms with Gasteiger partial charge in [0.05, 0.1) is 5.39 Å². The molecule has 0 fully saturated rings. The molecule has 14 heteroatoms. The molecule has 0 aliphatic rings. The molecule has 0 aliphatic carbocycles. The molecule has 3 aromatic carbocycles. The van der Waals surface area contributed by atoms with Gasteiger partial charge < -0.3 is 25.2 Å². The standard InChI is InChI=1S/C42H37N7O7/c1-41(2,3)39(56)48-40-46-35-30(36(52)47-40)23-26(24-43-35)19-21-33-44-32(37(53)45-31(38(54)55)20-22-34(50)51)25-49(33)42(27-13-7-4-8-14-27,28-15-9-5-10-16-28)29-17-11-6-12-18-29/h4-18,23-25,31H,20,22H2,1-3H3,(H,45,53)(H,50,51)(H,54,55)(H2,43,46,47,48,52,56)/t31-/m0/s1. The molecule has 0 radical (unpaired) electrons. The highest BCUT2D eigenvalue weighted by Gasteiger charge is 2.40. The van der Waals surface area contributed by atoms with Crippen LogP contribution in [0.4, 0.5) is 5.95 Å². The van der Waals surface area contributed by atoms with Crippen molar-refractivity contribution in [2.75, 3.05) is 5.32 Å². The largest absolute Gasteiger partial charge is 0.493 e. The number of carbonyl (C=O) groups excluding carboxylic acids is 2. The van der Waals surface area contributed by atoms with E-state index in [4.69, 9.17) is 5.11 Å². The van der Waals surface area contributed by atoms with Gasteiger partial charge in [-0.2, -0.15) is 9.97 Å². The zero-order valence-electron chi connectivity index (χ0n) is 30.6. The maximum atomic E-state index is 13.8.